The van der Waals surface area contributed by atoms with E-state index in [4.69, 9.17) is 4.74 Å². The summed E-state index contributed by atoms with van der Waals surface area (Å²) in [6, 6.07) is 0.201. The lowest BCUT2D eigenvalue weighted by molar-refractivity contribution is -0.129. The van der Waals surface area contributed by atoms with Crippen LogP contribution >= 0.6 is 0 Å². The van der Waals surface area contributed by atoms with E-state index in [-0.39, 0.29) is 23.5 Å². The van der Waals surface area contributed by atoms with Gasteiger partial charge in [-0.25, -0.2) is 0 Å². The Hall–Kier alpha value is -0.570. The van der Waals surface area contributed by atoms with Crippen LogP contribution in [0.25, 0.3) is 0 Å². The largest absolute Gasteiger partial charge is 0.376 e. The number of rotatable bonds is 1. The topological polar surface area (TPSA) is 38.3 Å². The van der Waals surface area contributed by atoms with E-state index in [1.54, 1.807) is 0 Å². The Balaban J connectivity index is 2.45. The van der Waals surface area contributed by atoms with Crippen molar-refractivity contribution >= 4 is 5.91 Å². The SMILES string of the molecule is CC1OCCC1NC(=O)C(C)(C)C. The minimum atomic E-state index is -0.303. The van der Waals surface area contributed by atoms with Crippen molar-refractivity contribution in [3.8, 4) is 0 Å². The van der Waals surface area contributed by atoms with Gasteiger partial charge in [-0.15, -0.1) is 0 Å². The maximum Gasteiger partial charge on any atom is 0.225 e. The van der Waals surface area contributed by atoms with Gasteiger partial charge in [0.15, 0.2) is 0 Å². The van der Waals surface area contributed by atoms with Crippen LogP contribution in [-0.2, 0) is 9.53 Å². The van der Waals surface area contributed by atoms with Crippen molar-refractivity contribution in [2.45, 2.75) is 46.3 Å². The molecular formula is C10H19NO2. The monoisotopic (exact) mass is 185 g/mol. The van der Waals surface area contributed by atoms with Gasteiger partial charge in [-0.05, 0) is 13.3 Å². The van der Waals surface area contributed by atoms with E-state index < -0.39 is 0 Å². The summed E-state index contributed by atoms with van der Waals surface area (Å²) in [4.78, 5) is 11.6. The van der Waals surface area contributed by atoms with E-state index in [0.717, 1.165) is 13.0 Å². The Labute approximate surface area is 79.8 Å². The molecule has 2 atom stereocenters. The highest BCUT2D eigenvalue weighted by Gasteiger charge is 2.29. The lowest BCUT2D eigenvalue weighted by Crippen LogP contribution is -2.44. The molecule has 0 spiro atoms. The lowest BCUT2D eigenvalue weighted by Gasteiger charge is -2.22. The number of amides is 1. The molecule has 1 aliphatic rings. The molecular weight excluding hydrogens is 166 g/mol. The highest BCUT2D eigenvalue weighted by atomic mass is 16.5. The van der Waals surface area contributed by atoms with Crippen LogP contribution in [-0.4, -0.2) is 24.7 Å². The van der Waals surface area contributed by atoms with Gasteiger partial charge in [0.1, 0.15) is 0 Å². The highest BCUT2D eigenvalue weighted by Crippen LogP contribution is 2.17. The number of hydrogen-bond acceptors (Lipinski definition) is 2. The fourth-order valence-electron chi connectivity index (χ4n) is 1.31. The zero-order valence-electron chi connectivity index (χ0n) is 8.89. The molecule has 3 nitrogen and oxygen atoms in total. The van der Waals surface area contributed by atoms with Crippen LogP contribution in [0.15, 0.2) is 0 Å². The van der Waals surface area contributed by atoms with Gasteiger partial charge in [0, 0.05) is 12.0 Å². The second-order valence-electron chi connectivity index (χ2n) is 4.69. The number of nitrogens with one attached hydrogen (secondary N) is 1. The fourth-order valence-corrected chi connectivity index (χ4v) is 1.31. The summed E-state index contributed by atoms with van der Waals surface area (Å²) >= 11 is 0. The molecule has 0 aromatic carbocycles. The van der Waals surface area contributed by atoms with Crippen molar-refractivity contribution in [1.29, 1.82) is 0 Å². The maximum absolute atomic E-state index is 11.6. The summed E-state index contributed by atoms with van der Waals surface area (Å²) in [6.07, 6.45) is 1.09. The molecule has 0 bridgehead atoms. The minimum absolute atomic E-state index is 0.106. The Morgan fingerprint density at radius 1 is 1.46 bits per heavy atom. The third-order valence-electron chi connectivity index (χ3n) is 2.37. The second kappa shape index (κ2) is 3.66. The van der Waals surface area contributed by atoms with Gasteiger partial charge < -0.3 is 10.1 Å². The number of hydrogen-bond donors (Lipinski definition) is 1. The van der Waals surface area contributed by atoms with E-state index in [1.165, 1.54) is 0 Å². The molecule has 0 radical (unpaired) electrons. The molecule has 1 N–H and O–H groups in total. The van der Waals surface area contributed by atoms with Gasteiger partial charge in [0.05, 0.1) is 12.1 Å². The smallest absolute Gasteiger partial charge is 0.225 e. The highest BCUT2D eigenvalue weighted by molar-refractivity contribution is 5.81. The number of ether oxygens (including phenoxy) is 1. The van der Waals surface area contributed by atoms with Crippen LogP contribution in [0.5, 0.6) is 0 Å². The van der Waals surface area contributed by atoms with Gasteiger partial charge >= 0.3 is 0 Å². The normalized spacial score (nSPS) is 28.9. The average Bonchev–Trinajstić information content (AvgIpc) is 2.34. The summed E-state index contributed by atoms with van der Waals surface area (Å²) in [5.74, 6) is 0.106. The summed E-state index contributed by atoms with van der Waals surface area (Å²) < 4.78 is 5.36. The minimum Gasteiger partial charge on any atom is -0.376 e. The third-order valence-corrected chi connectivity index (χ3v) is 2.37. The van der Waals surface area contributed by atoms with E-state index in [2.05, 4.69) is 5.32 Å². The summed E-state index contributed by atoms with van der Waals surface area (Å²) in [5, 5.41) is 3.00. The Kier molecular flexibility index (Phi) is 2.96. The molecule has 76 valence electrons. The van der Waals surface area contributed by atoms with Gasteiger partial charge in [-0.3, -0.25) is 4.79 Å². The average molecular weight is 185 g/mol. The molecule has 1 amide bonds. The predicted molar refractivity (Wildman–Crippen MR) is 51.4 cm³/mol. The first-order valence-corrected chi connectivity index (χ1v) is 4.84. The fraction of sp³-hybridized carbons (Fsp3) is 0.900. The molecule has 0 aromatic heterocycles. The number of carbonyl (C=O) groups is 1. The molecule has 1 aliphatic heterocycles. The van der Waals surface area contributed by atoms with Crippen LogP contribution in [0.2, 0.25) is 0 Å². The van der Waals surface area contributed by atoms with Gasteiger partial charge in [0.2, 0.25) is 5.91 Å². The summed E-state index contributed by atoms with van der Waals surface area (Å²) in [5.41, 5.74) is -0.303. The molecule has 0 aromatic rings. The number of carbonyl (C=O) groups excluding carboxylic acids is 1. The molecule has 1 fully saturated rings. The predicted octanol–water partition coefficient (Wildman–Crippen LogP) is 1.33. The second-order valence-corrected chi connectivity index (χ2v) is 4.69. The first-order chi connectivity index (χ1) is 5.91. The van der Waals surface area contributed by atoms with Gasteiger partial charge in [0.25, 0.3) is 0 Å². The van der Waals surface area contributed by atoms with Gasteiger partial charge in [-0.1, -0.05) is 20.8 Å². The summed E-state index contributed by atoms with van der Waals surface area (Å²) in [6.45, 7) is 8.52. The molecule has 1 rings (SSSR count). The van der Waals surface area contributed by atoms with Crippen LogP contribution in [0.4, 0.5) is 0 Å². The van der Waals surface area contributed by atoms with Crippen LogP contribution < -0.4 is 5.32 Å². The first kappa shape index (κ1) is 10.5. The first-order valence-electron chi connectivity index (χ1n) is 4.84. The van der Waals surface area contributed by atoms with Crippen molar-refractivity contribution in [1.82, 2.24) is 5.32 Å². The van der Waals surface area contributed by atoms with Gasteiger partial charge in [-0.2, -0.15) is 0 Å². The third kappa shape index (κ3) is 2.69. The molecule has 0 aliphatic carbocycles. The van der Waals surface area contributed by atoms with Crippen LogP contribution in [0.1, 0.15) is 34.1 Å². The van der Waals surface area contributed by atoms with Crippen LogP contribution in [0.3, 0.4) is 0 Å². The Morgan fingerprint density at radius 2 is 2.08 bits per heavy atom. The van der Waals surface area contributed by atoms with Crippen LogP contribution in [0, 0.1) is 5.41 Å². The van der Waals surface area contributed by atoms with E-state index in [1.807, 2.05) is 27.7 Å². The Bertz CT molecular complexity index is 196. The van der Waals surface area contributed by atoms with Crippen molar-refractivity contribution in [3.05, 3.63) is 0 Å². The van der Waals surface area contributed by atoms with E-state index >= 15 is 0 Å². The lowest BCUT2D eigenvalue weighted by atomic mass is 9.95. The van der Waals surface area contributed by atoms with Crippen molar-refractivity contribution in [2.75, 3.05) is 6.61 Å². The molecule has 0 saturated carbocycles. The van der Waals surface area contributed by atoms with Crippen molar-refractivity contribution < 1.29 is 9.53 Å². The molecule has 1 heterocycles. The molecule has 3 heteroatoms. The maximum atomic E-state index is 11.6. The zero-order chi connectivity index (χ0) is 10.1. The quantitative estimate of drug-likeness (QED) is 0.669. The molecule has 1 saturated heterocycles. The van der Waals surface area contributed by atoms with E-state index in [9.17, 15) is 4.79 Å². The molecule has 2 unspecified atom stereocenters. The van der Waals surface area contributed by atoms with Crippen molar-refractivity contribution in [2.24, 2.45) is 5.41 Å². The van der Waals surface area contributed by atoms with Crippen molar-refractivity contribution in [3.63, 3.8) is 0 Å². The Morgan fingerprint density at radius 3 is 2.46 bits per heavy atom. The standard InChI is InChI=1S/C10H19NO2/c1-7-8(5-6-13-7)11-9(12)10(2,3)4/h7-8H,5-6H2,1-4H3,(H,11,12). The van der Waals surface area contributed by atoms with E-state index in [0.29, 0.717) is 0 Å². The zero-order valence-corrected chi connectivity index (χ0v) is 8.89. The summed E-state index contributed by atoms with van der Waals surface area (Å²) in [7, 11) is 0. The molecule has 13 heavy (non-hydrogen) atoms.